The summed E-state index contributed by atoms with van der Waals surface area (Å²) in [4.78, 5) is 59.9. The van der Waals surface area contributed by atoms with E-state index in [1.54, 1.807) is 48.5 Å². The van der Waals surface area contributed by atoms with Crippen LogP contribution in [-0.4, -0.2) is 28.7 Å². The molecule has 3 fully saturated rings. The molecule has 4 aliphatic rings. The molecule has 0 unspecified atom stereocenters. The van der Waals surface area contributed by atoms with E-state index >= 15 is 0 Å². The van der Waals surface area contributed by atoms with Crippen LogP contribution in [-0.2, 0) is 19.2 Å². The Bertz CT molecular complexity index is 2020. The van der Waals surface area contributed by atoms with Gasteiger partial charge in [0, 0.05) is 11.5 Å². The minimum absolute atomic E-state index is 0.0310. The van der Waals surface area contributed by atoms with Gasteiger partial charge in [0.25, 0.3) is 0 Å². The molecule has 0 aromatic heterocycles. The van der Waals surface area contributed by atoms with Gasteiger partial charge in [-0.1, -0.05) is 85.0 Å². The molecule has 1 N–H and O–H groups in total. The molecule has 4 aromatic carbocycles. The topological polar surface area (TPSA) is 95.0 Å². The minimum Gasteiger partial charge on any atom is -0.508 e. The largest absolute Gasteiger partial charge is 0.508 e. The summed E-state index contributed by atoms with van der Waals surface area (Å²) in [5.41, 5.74) is 2.04. The third-order valence-corrected chi connectivity index (χ3v) is 10.9. The summed E-state index contributed by atoms with van der Waals surface area (Å²) in [5.74, 6) is -4.38. The van der Waals surface area contributed by atoms with Crippen LogP contribution in [0, 0.1) is 29.1 Å². The summed E-state index contributed by atoms with van der Waals surface area (Å²) in [6.45, 7) is 5.63. The zero-order chi connectivity index (χ0) is 31.9. The smallest absolute Gasteiger partial charge is 0.241 e. The van der Waals surface area contributed by atoms with Crippen molar-refractivity contribution in [2.75, 3.05) is 9.80 Å². The second kappa shape index (κ2) is 10.1. The number of rotatable bonds is 4. The first-order chi connectivity index (χ1) is 22.3. The van der Waals surface area contributed by atoms with Crippen LogP contribution < -0.4 is 9.80 Å². The Morgan fingerprint density at radius 1 is 0.783 bits per heavy atom. The molecule has 7 nitrogen and oxygen atoms in total. The number of hydrogen-bond acceptors (Lipinski definition) is 5. The second-order valence-corrected chi connectivity index (χ2v) is 13.0. The van der Waals surface area contributed by atoms with E-state index < -0.39 is 35.0 Å². The maximum atomic E-state index is 14.7. The van der Waals surface area contributed by atoms with Crippen LogP contribution in [0.25, 0.3) is 16.8 Å². The maximum Gasteiger partial charge on any atom is 0.241 e. The summed E-state index contributed by atoms with van der Waals surface area (Å²) in [6.07, 6.45) is 4.29. The molecule has 2 heterocycles. The molecular formula is C39H32N2O5. The van der Waals surface area contributed by atoms with Crippen LogP contribution in [0.5, 0.6) is 5.75 Å². The number of allylic oxidation sites excluding steroid dienone is 2. The third kappa shape index (κ3) is 3.71. The molecule has 0 radical (unpaired) electrons. The van der Waals surface area contributed by atoms with E-state index in [1.165, 1.54) is 9.80 Å². The first-order valence-electron chi connectivity index (χ1n) is 15.7. The van der Waals surface area contributed by atoms with Gasteiger partial charge < -0.3 is 5.11 Å². The first kappa shape index (κ1) is 28.2. The monoisotopic (exact) mass is 608 g/mol. The van der Waals surface area contributed by atoms with E-state index in [4.69, 9.17) is 0 Å². The predicted molar refractivity (Wildman–Crippen MR) is 176 cm³/mol. The van der Waals surface area contributed by atoms with Gasteiger partial charge >= 0.3 is 0 Å². The zero-order valence-electron chi connectivity index (χ0n) is 25.3. The second-order valence-electron chi connectivity index (χ2n) is 13.0. The lowest BCUT2D eigenvalue weighted by Gasteiger charge is -2.49. The van der Waals surface area contributed by atoms with Crippen molar-refractivity contribution in [1.29, 1.82) is 0 Å². The van der Waals surface area contributed by atoms with Crippen molar-refractivity contribution in [3.63, 3.8) is 0 Å². The number of fused-ring (bicyclic) bond motifs is 5. The first-order valence-corrected chi connectivity index (χ1v) is 15.7. The fraction of sp³-hybridized carbons (Fsp3) is 0.231. The number of nitrogens with zero attached hydrogens (tertiary/aromatic N) is 2. The van der Waals surface area contributed by atoms with Crippen molar-refractivity contribution < 1.29 is 24.3 Å². The maximum absolute atomic E-state index is 14.7. The molecular weight excluding hydrogens is 576 g/mol. The number of carbonyl (C=O) groups is 4. The van der Waals surface area contributed by atoms with Crippen molar-refractivity contribution in [3.05, 3.63) is 120 Å². The van der Waals surface area contributed by atoms with Crippen LogP contribution in [0.15, 0.2) is 109 Å². The molecule has 0 spiro atoms. The Morgan fingerprint density at radius 2 is 1.48 bits per heavy atom. The molecule has 8 rings (SSSR count). The molecule has 0 bridgehead atoms. The molecule has 46 heavy (non-hydrogen) atoms. The summed E-state index contributed by atoms with van der Waals surface area (Å²) < 4.78 is 0. The van der Waals surface area contributed by atoms with Gasteiger partial charge in [-0.25, -0.2) is 4.90 Å². The number of benzene rings is 4. The molecule has 228 valence electrons. The fourth-order valence-corrected chi connectivity index (χ4v) is 8.75. The van der Waals surface area contributed by atoms with Crippen LogP contribution in [0.2, 0.25) is 0 Å². The number of aromatic hydroxyl groups is 1. The summed E-state index contributed by atoms with van der Waals surface area (Å²) in [7, 11) is 0. The molecule has 2 aliphatic carbocycles. The number of para-hydroxylation sites is 1. The molecule has 2 saturated heterocycles. The molecule has 1 saturated carbocycles. The number of anilines is 2. The van der Waals surface area contributed by atoms with Gasteiger partial charge in [0.05, 0.1) is 34.5 Å². The minimum atomic E-state index is -1.24. The van der Waals surface area contributed by atoms with E-state index in [9.17, 15) is 24.3 Å². The number of imide groups is 2. The third-order valence-electron chi connectivity index (χ3n) is 10.9. The average molecular weight is 609 g/mol. The highest BCUT2D eigenvalue weighted by atomic mass is 16.3. The zero-order valence-corrected chi connectivity index (χ0v) is 25.3. The summed E-state index contributed by atoms with van der Waals surface area (Å²) in [6, 6.07) is 27.2. The lowest BCUT2D eigenvalue weighted by Crippen LogP contribution is -2.49. The standard InChI is InChI=1S/C39H32N2O5/c1-3-22-13-16-25(17-14-22)40-35(43)28-19-18-27-29(32(28)37(40)45)21-30-36(44)41(24-10-5-4-6-11-24)38(46)39(30,2)34(27)33-26-12-8-7-9-23(26)15-20-31(33)42/h3-18,20,28-30,32,34,42H,1,19,21H2,2H3/t28-,29+,30-,32-,34+,39+/m0/s1. The van der Waals surface area contributed by atoms with Crippen molar-refractivity contribution in [1.82, 2.24) is 0 Å². The van der Waals surface area contributed by atoms with Crippen LogP contribution in [0.4, 0.5) is 11.4 Å². The highest BCUT2D eigenvalue weighted by Gasteiger charge is 2.68. The van der Waals surface area contributed by atoms with Crippen LogP contribution >= 0.6 is 0 Å². The van der Waals surface area contributed by atoms with Gasteiger partial charge in [0.2, 0.25) is 23.6 Å². The Balaban J connectivity index is 1.31. The average Bonchev–Trinajstić information content (AvgIpc) is 3.45. The lowest BCUT2D eigenvalue weighted by molar-refractivity contribution is -0.131. The number of hydrogen-bond donors (Lipinski definition) is 1. The number of phenols is 1. The quantitative estimate of drug-likeness (QED) is 0.208. The van der Waals surface area contributed by atoms with Gasteiger partial charge in [0.15, 0.2) is 0 Å². The van der Waals surface area contributed by atoms with Gasteiger partial charge in [-0.15, -0.1) is 0 Å². The molecule has 4 amide bonds. The molecule has 6 atom stereocenters. The number of phenolic OH excluding ortho intramolecular Hbond substituents is 1. The van der Waals surface area contributed by atoms with E-state index in [0.29, 0.717) is 23.4 Å². The number of amides is 4. The van der Waals surface area contributed by atoms with E-state index in [0.717, 1.165) is 21.9 Å². The van der Waals surface area contributed by atoms with Crippen molar-refractivity contribution in [2.45, 2.75) is 25.7 Å². The van der Waals surface area contributed by atoms with Gasteiger partial charge in [-0.2, -0.15) is 0 Å². The van der Waals surface area contributed by atoms with E-state index in [2.05, 4.69) is 6.58 Å². The van der Waals surface area contributed by atoms with Crippen molar-refractivity contribution in [2.24, 2.45) is 29.1 Å². The van der Waals surface area contributed by atoms with E-state index in [1.807, 2.05) is 61.5 Å². The lowest BCUT2D eigenvalue weighted by atomic mass is 9.51. The Kier molecular flexibility index (Phi) is 6.19. The molecule has 2 aliphatic heterocycles. The fourth-order valence-electron chi connectivity index (χ4n) is 8.75. The SMILES string of the molecule is C=Cc1ccc(N2C(=O)[C@H]3[C@H](CC=C4[C@H]3C[C@H]3C(=O)N(c5ccccc5)C(=O)[C@@]3(C)[C@H]4c3c(O)ccc4ccccc34)C2=O)cc1. The Labute approximate surface area is 266 Å². The highest BCUT2D eigenvalue weighted by molar-refractivity contribution is 6.25. The van der Waals surface area contributed by atoms with Gasteiger partial charge in [-0.05, 0) is 72.4 Å². The Morgan fingerprint density at radius 3 is 2.22 bits per heavy atom. The van der Waals surface area contributed by atoms with Crippen molar-refractivity contribution in [3.8, 4) is 5.75 Å². The Hall–Kier alpha value is -5.30. The predicted octanol–water partition coefficient (Wildman–Crippen LogP) is 6.62. The van der Waals surface area contributed by atoms with Gasteiger partial charge in [0.1, 0.15) is 5.75 Å². The summed E-state index contributed by atoms with van der Waals surface area (Å²) >= 11 is 0. The molecule has 7 heteroatoms. The van der Waals surface area contributed by atoms with Crippen LogP contribution in [0.1, 0.15) is 36.8 Å². The number of carbonyl (C=O) groups excluding carboxylic acids is 4. The van der Waals surface area contributed by atoms with E-state index in [-0.39, 0.29) is 35.8 Å². The summed E-state index contributed by atoms with van der Waals surface area (Å²) in [5, 5.41) is 13.2. The van der Waals surface area contributed by atoms with Crippen LogP contribution in [0.3, 0.4) is 0 Å². The highest BCUT2D eigenvalue weighted by Crippen LogP contribution is 2.65. The molecule has 4 aromatic rings. The van der Waals surface area contributed by atoms with Crippen molar-refractivity contribution >= 4 is 51.9 Å². The van der Waals surface area contributed by atoms with Gasteiger partial charge in [-0.3, -0.25) is 24.1 Å². The normalized spacial score (nSPS) is 28.6.